The van der Waals surface area contributed by atoms with Gasteiger partial charge in [-0.25, -0.2) is 0 Å². The van der Waals surface area contributed by atoms with E-state index in [4.69, 9.17) is 9.47 Å². The summed E-state index contributed by atoms with van der Waals surface area (Å²) in [6.07, 6.45) is 8.82. The van der Waals surface area contributed by atoms with E-state index < -0.39 is 0 Å². The van der Waals surface area contributed by atoms with Gasteiger partial charge in [0.15, 0.2) is 0 Å². The lowest BCUT2D eigenvalue weighted by Crippen LogP contribution is -2.41. The fourth-order valence-electron chi connectivity index (χ4n) is 4.29. The Bertz CT molecular complexity index is 519. The molecule has 0 amide bonds. The highest BCUT2D eigenvalue weighted by molar-refractivity contribution is 5.40. The molecule has 3 aliphatic rings. The highest BCUT2D eigenvalue weighted by Gasteiger charge is 2.40. The monoisotopic (exact) mass is 288 g/mol. The molecule has 114 valence electrons. The Labute approximate surface area is 126 Å². The summed E-state index contributed by atoms with van der Waals surface area (Å²) in [4.78, 5) is 0. The van der Waals surface area contributed by atoms with Gasteiger partial charge >= 0.3 is 0 Å². The average molecular weight is 288 g/mol. The van der Waals surface area contributed by atoms with E-state index in [2.05, 4.69) is 6.07 Å². The third-order valence-electron chi connectivity index (χ3n) is 5.43. The van der Waals surface area contributed by atoms with E-state index in [-0.39, 0.29) is 17.8 Å². The van der Waals surface area contributed by atoms with Crippen molar-refractivity contribution in [3.63, 3.8) is 0 Å². The third-order valence-corrected chi connectivity index (χ3v) is 5.43. The lowest BCUT2D eigenvalue weighted by Gasteiger charge is -2.38. The van der Waals surface area contributed by atoms with Gasteiger partial charge < -0.3 is 14.6 Å². The molecule has 1 spiro atoms. The van der Waals surface area contributed by atoms with Gasteiger partial charge in [0, 0.05) is 12.8 Å². The van der Waals surface area contributed by atoms with Gasteiger partial charge in [0.25, 0.3) is 0 Å². The average Bonchev–Trinajstić information content (AvgIpc) is 3.07. The summed E-state index contributed by atoms with van der Waals surface area (Å²) >= 11 is 0. The fourth-order valence-corrected chi connectivity index (χ4v) is 4.29. The highest BCUT2D eigenvalue weighted by Crippen LogP contribution is 2.41. The second kappa shape index (κ2) is 5.29. The number of ether oxygens (including phenoxy) is 2. The summed E-state index contributed by atoms with van der Waals surface area (Å²) < 4.78 is 12.3. The maximum Gasteiger partial charge on any atom is 0.120 e. The van der Waals surface area contributed by atoms with Crippen LogP contribution in [0, 0.1) is 0 Å². The highest BCUT2D eigenvalue weighted by atomic mass is 16.5. The van der Waals surface area contributed by atoms with Crippen molar-refractivity contribution in [3.05, 3.63) is 29.3 Å². The number of aryl methyl sites for hydroxylation is 1. The number of fused-ring (bicyclic) bond motifs is 1. The molecule has 1 N–H and O–H groups in total. The molecular weight excluding hydrogens is 264 g/mol. The van der Waals surface area contributed by atoms with E-state index in [0.717, 1.165) is 43.6 Å². The van der Waals surface area contributed by atoms with Crippen LogP contribution in [0.25, 0.3) is 0 Å². The van der Waals surface area contributed by atoms with Crippen molar-refractivity contribution in [1.29, 1.82) is 0 Å². The number of aliphatic hydroxyl groups excluding tert-OH is 1. The van der Waals surface area contributed by atoms with E-state index in [1.54, 1.807) is 0 Å². The standard InChI is InChI=1S/C18H24O3/c19-17-6-3-13-11-14(4-5-16(13)17)21-15-7-10-20-18(12-15)8-1-2-9-18/h4-5,11,15,17,19H,1-3,6-10,12H2. The van der Waals surface area contributed by atoms with Crippen LogP contribution in [0.1, 0.15) is 62.2 Å². The van der Waals surface area contributed by atoms with E-state index in [9.17, 15) is 5.11 Å². The third kappa shape index (κ3) is 2.58. The summed E-state index contributed by atoms with van der Waals surface area (Å²) in [6, 6.07) is 6.18. The molecule has 0 bridgehead atoms. The summed E-state index contributed by atoms with van der Waals surface area (Å²) in [5.74, 6) is 0.961. The zero-order valence-electron chi connectivity index (χ0n) is 12.5. The quantitative estimate of drug-likeness (QED) is 0.904. The second-order valence-corrected chi connectivity index (χ2v) is 6.89. The first-order chi connectivity index (χ1) is 10.2. The predicted octanol–water partition coefficient (Wildman–Crippen LogP) is 3.54. The van der Waals surface area contributed by atoms with Crippen molar-refractivity contribution in [1.82, 2.24) is 0 Å². The van der Waals surface area contributed by atoms with Gasteiger partial charge in [-0.2, -0.15) is 0 Å². The van der Waals surface area contributed by atoms with Crippen molar-refractivity contribution in [2.75, 3.05) is 6.61 Å². The Morgan fingerprint density at radius 2 is 2.05 bits per heavy atom. The lowest BCUT2D eigenvalue weighted by atomic mass is 9.90. The molecular formula is C18H24O3. The van der Waals surface area contributed by atoms with Crippen molar-refractivity contribution in [2.45, 2.75) is 69.2 Å². The van der Waals surface area contributed by atoms with E-state index >= 15 is 0 Å². The molecule has 1 aliphatic heterocycles. The molecule has 21 heavy (non-hydrogen) atoms. The normalized spacial score (nSPS) is 30.5. The maximum atomic E-state index is 9.88. The molecule has 1 heterocycles. The Morgan fingerprint density at radius 3 is 2.90 bits per heavy atom. The van der Waals surface area contributed by atoms with Crippen LogP contribution in [0.5, 0.6) is 5.75 Å². The molecule has 3 nitrogen and oxygen atoms in total. The molecule has 2 aliphatic carbocycles. The minimum atomic E-state index is -0.279. The van der Waals surface area contributed by atoms with E-state index in [0.29, 0.717) is 0 Å². The molecule has 4 rings (SSSR count). The van der Waals surface area contributed by atoms with E-state index in [1.807, 2.05) is 12.1 Å². The van der Waals surface area contributed by atoms with Gasteiger partial charge in [-0.05, 0) is 48.9 Å². The molecule has 1 aromatic carbocycles. The first kappa shape index (κ1) is 13.6. The molecule has 3 heteroatoms. The fraction of sp³-hybridized carbons (Fsp3) is 0.667. The van der Waals surface area contributed by atoms with Gasteiger partial charge in [-0.3, -0.25) is 0 Å². The molecule has 1 saturated carbocycles. The van der Waals surface area contributed by atoms with Crippen LogP contribution in [0.4, 0.5) is 0 Å². The molecule has 1 saturated heterocycles. The number of benzene rings is 1. The minimum Gasteiger partial charge on any atom is -0.490 e. The van der Waals surface area contributed by atoms with Crippen LogP contribution < -0.4 is 4.74 Å². The zero-order valence-corrected chi connectivity index (χ0v) is 12.5. The Morgan fingerprint density at radius 1 is 1.19 bits per heavy atom. The van der Waals surface area contributed by atoms with Gasteiger partial charge in [-0.1, -0.05) is 18.9 Å². The van der Waals surface area contributed by atoms with Crippen LogP contribution in [-0.2, 0) is 11.2 Å². The van der Waals surface area contributed by atoms with E-state index in [1.165, 1.54) is 31.2 Å². The summed E-state index contributed by atoms with van der Waals surface area (Å²) in [6.45, 7) is 0.828. The van der Waals surface area contributed by atoms with Gasteiger partial charge in [0.05, 0.1) is 18.3 Å². The Balaban J connectivity index is 1.46. The van der Waals surface area contributed by atoms with Crippen LogP contribution >= 0.6 is 0 Å². The maximum absolute atomic E-state index is 9.88. The number of aliphatic hydroxyl groups is 1. The van der Waals surface area contributed by atoms with Crippen molar-refractivity contribution >= 4 is 0 Å². The van der Waals surface area contributed by atoms with Crippen molar-refractivity contribution in [3.8, 4) is 5.75 Å². The summed E-state index contributed by atoms with van der Waals surface area (Å²) in [7, 11) is 0. The minimum absolute atomic E-state index is 0.107. The van der Waals surface area contributed by atoms with Gasteiger partial charge in [0.2, 0.25) is 0 Å². The largest absolute Gasteiger partial charge is 0.490 e. The molecule has 2 atom stereocenters. The van der Waals surface area contributed by atoms with Crippen LogP contribution in [0.15, 0.2) is 18.2 Å². The number of hydrogen-bond acceptors (Lipinski definition) is 3. The summed E-state index contributed by atoms with van der Waals surface area (Å²) in [5.41, 5.74) is 2.44. The predicted molar refractivity (Wildman–Crippen MR) is 80.5 cm³/mol. The van der Waals surface area contributed by atoms with Crippen LogP contribution in [-0.4, -0.2) is 23.4 Å². The van der Waals surface area contributed by atoms with Gasteiger partial charge in [-0.15, -0.1) is 0 Å². The number of hydrogen-bond donors (Lipinski definition) is 1. The van der Waals surface area contributed by atoms with Crippen molar-refractivity contribution < 1.29 is 14.6 Å². The smallest absolute Gasteiger partial charge is 0.120 e. The first-order valence-electron chi connectivity index (χ1n) is 8.36. The summed E-state index contributed by atoms with van der Waals surface area (Å²) in [5, 5.41) is 9.88. The van der Waals surface area contributed by atoms with Crippen molar-refractivity contribution in [2.24, 2.45) is 0 Å². The van der Waals surface area contributed by atoms with Crippen LogP contribution in [0.3, 0.4) is 0 Å². The zero-order chi connectivity index (χ0) is 14.3. The SMILES string of the molecule is OC1CCc2cc(OC3CCOC4(CCCC4)C3)ccc21. The first-order valence-corrected chi connectivity index (χ1v) is 8.36. The Hall–Kier alpha value is -1.06. The Kier molecular flexibility index (Phi) is 3.43. The number of rotatable bonds is 2. The van der Waals surface area contributed by atoms with Gasteiger partial charge in [0.1, 0.15) is 11.9 Å². The lowest BCUT2D eigenvalue weighted by molar-refractivity contribution is -0.108. The molecule has 1 aromatic rings. The molecule has 2 fully saturated rings. The topological polar surface area (TPSA) is 38.7 Å². The molecule has 0 aromatic heterocycles. The van der Waals surface area contributed by atoms with Crippen LogP contribution in [0.2, 0.25) is 0 Å². The molecule has 0 radical (unpaired) electrons. The molecule has 2 unspecified atom stereocenters. The second-order valence-electron chi connectivity index (χ2n) is 6.89.